The van der Waals surface area contributed by atoms with Crippen LogP contribution in [0.3, 0.4) is 0 Å². The van der Waals surface area contributed by atoms with Crippen LogP contribution in [-0.2, 0) is 9.09 Å². The zero-order valence-corrected chi connectivity index (χ0v) is 21.9. The van der Waals surface area contributed by atoms with Crippen molar-refractivity contribution in [3.05, 3.63) is 59.2 Å². The molecule has 0 aliphatic carbocycles. The van der Waals surface area contributed by atoms with Gasteiger partial charge in [-0.3, -0.25) is 4.52 Å². The van der Waals surface area contributed by atoms with Crippen molar-refractivity contribution in [3.63, 3.8) is 0 Å². The molecular formula is C27H43O4P. The van der Waals surface area contributed by atoms with Gasteiger partial charge < -0.3 is 9.79 Å². The molecule has 5 heteroatoms. The Hall–Kier alpha value is -1.45. The summed E-state index contributed by atoms with van der Waals surface area (Å²) in [5.74, 6) is 1.65. The number of hydrogen-bond acceptors (Lipinski definition) is 2. The number of unbranched alkanes of at least 4 members (excludes halogenated alkanes) is 3. The normalized spacial score (nSPS) is 11.8. The lowest BCUT2D eigenvalue weighted by Gasteiger charge is -2.23. The van der Waals surface area contributed by atoms with Crippen LogP contribution in [0.1, 0.15) is 109 Å². The number of phosphoric ester groups is 1. The highest BCUT2D eigenvalue weighted by molar-refractivity contribution is 7.46. The van der Waals surface area contributed by atoms with Gasteiger partial charge in [-0.1, -0.05) is 110 Å². The van der Waals surface area contributed by atoms with Gasteiger partial charge in [0.2, 0.25) is 0 Å². The number of rotatable bonds is 10. The molecule has 0 heterocycles. The first-order valence-corrected chi connectivity index (χ1v) is 13.4. The van der Waals surface area contributed by atoms with E-state index in [2.05, 4.69) is 95.5 Å². The van der Waals surface area contributed by atoms with E-state index >= 15 is 0 Å². The number of benzene rings is 2. The van der Waals surface area contributed by atoms with Gasteiger partial charge in [-0.2, -0.15) is 0 Å². The Morgan fingerprint density at radius 2 is 1.34 bits per heavy atom. The van der Waals surface area contributed by atoms with Crippen LogP contribution in [0.5, 0.6) is 0 Å². The molecule has 0 aliphatic heterocycles. The minimum atomic E-state index is -4.21. The van der Waals surface area contributed by atoms with E-state index in [1.54, 1.807) is 0 Å². The third-order valence-electron chi connectivity index (χ3n) is 5.45. The second kappa shape index (κ2) is 14.0. The Morgan fingerprint density at radius 1 is 0.812 bits per heavy atom. The van der Waals surface area contributed by atoms with E-state index in [4.69, 9.17) is 9.79 Å². The predicted molar refractivity (Wildman–Crippen MR) is 136 cm³/mol. The fraction of sp³-hybridized carbons (Fsp3) is 0.556. The first-order chi connectivity index (χ1) is 15.0. The van der Waals surface area contributed by atoms with Gasteiger partial charge in [0.25, 0.3) is 0 Å². The average molecular weight is 463 g/mol. The van der Waals surface area contributed by atoms with Crippen LogP contribution >= 0.6 is 7.82 Å². The maximum atomic E-state index is 10.1. The van der Waals surface area contributed by atoms with Crippen molar-refractivity contribution >= 4 is 7.82 Å². The quantitative estimate of drug-likeness (QED) is 0.275. The van der Waals surface area contributed by atoms with E-state index in [1.165, 1.54) is 27.8 Å². The minimum Gasteiger partial charge on any atom is -0.303 e. The summed E-state index contributed by atoms with van der Waals surface area (Å²) < 4.78 is 14.4. The Labute approximate surface area is 195 Å². The average Bonchev–Trinajstić information content (AvgIpc) is 2.72. The molecule has 32 heavy (non-hydrogen) atoms. The standard InChI is InChI=1S/C21H28.C6H15O4P/c1-14(2)18-12-19(15(3)4)21(20(13-18)16(5)6)17-10-8-7-9-11-17;1-2-3-4-5-6-10-11(7,8)9/h7-16H,1-6H3;2-6H2,1H3,(H2,7,8,9). The summed E-state index contributed by atoms with van der Waals surface area (Å²) in [5.41, 5.74) is 7.22. The molecule has 0 spiro atoms. The lowest BCUT2D eigenvalue weighted by Crippen LogP contribution is -2.03. The van der Waals surface area contributed by atoms with Crippen molar-refractivity contribution in [1.29, 1.82) is 0 Å². The van der Waals surface area contributed by atoms with E-state index in [-0.39, 0.29) is 6.61 Å². The van der Waals surface area contributed by atoms with Crippen molar-refractivity contribution in [2.45, 2.75) is 91.9 Å². The van der Waals surface area contributed by atoms with Gasteiger partial charge in [0.05, 0.1) is 6.61 Å². The Bertz CT molecular complexity index is 809. The predicted octanol–water partition coefficient (Wildman–Crippen LogP) is 8.40. The van der Waals surface area contributed by atoms with Crippen molar-refractivity contribution < 1.29 is 18.9 Å². The van der Waals surface area contributed by atoms with Crippen LogP contribution in [0.25, 0.3) is 11.1 Å². The zero-order valence-electron chi connectivity index (χ0n) is 21.0. The van der Waals surface area contributed by atoms with Crippen LogP contribution in [0.2, 0.25) is 0 Å². The molecule has 0 radical (unpaired) electrons. The highest BCUT2D eigenvalue weighted by atomic mass is 31.2. The summed E-state index contributed by atoms with van der Waals surface area (Å²) >= 11 is 0. The van der Waals surface area contributed by atoms with Gasteiger partial charge in [-0.05, 0) is 52.0 Å². The van der Waals surface area contributed by atoms with Gasteiger partial charge in [0.1, 0.15) is 0 Å². The molecule has 0 atom stereocenters. The van der Waals surface area contributed by atoms with E-state index < -0.39 is 7.82 Å². The van der Waals surface area contributed by atoms with Crippen LogP contribution < -0.4 is 0 Å². The molecule has 4 nitrogen and oxygen atoms in total. The molecular weight excluding hydrogens is 419 g/mol. The fourth-order valence-electron chi connectivity index (χ4n) is 3.61. The topological polar surface area (TPSA) is 66.8 Å². The molecule has 0 aliphatic rings. The van der Waals surface area contributed by atoms with Gasteiger partial charge in [-0.25, -0.2) is 4.57 Å². The van der Waals surface area contributed by atoms with Crippen molar-refractivity contribution in [3.8, 4) is 11.1 Å². The van der Waals surface area contributed by atoms with Crippen molar-refractivity contribution in [2.75, 3.05) is 6.61 Å². The highest BCUT2D eigenvalue weighted by Gasteiger charge is 2.18. The first kappa shape index (κ1) is 28.6. The first-order valence-electron chi connectivity index (χ1n) is 11.9. The third kappa shape index (κ3) is 10.0. The molecule has 0 aromatic heterocycles. The van der Waals surface area contributed by atoms with Crippen LogP contribution in [0, 0.1) is 0 Å². The molecule has 0 saturated carbocycles. The summed E-state index contributed by atoms with van der Waals surface area (Å²) in [6.45, 7) is 16.0. The summed E-state index contributed by atoms with van der Waals surface area (Å²) in [5, 5.41) is 0. The lowest BCUT2D eigenvalue weighted by atomic mass is 9.82. The van der Waals surface area contributed by atoms with E-state index in [9.17, 15) is 4.57 Å². The maximum Gasteiger partial charge on any atom is 0.469 e. The lowest BCUT2D eigenvalue weighted by molar-refractivity contribution is 0.193. The minimum absolute atomic E-state index is 0.157. The molecule has 0 unspecified atom stereocenters. The molecule has 0 bridgehead atoms. The van der Waals surface area contributed by atoms with Crippen LogP contribution in [0.15, 0.2) is 42.5 Å². The summed E-state index contributed by atoms with van der Waals surface area (Å²) in [4.78, 5) is 16.5. The largest absolute Gasteiger partial charge is 0.469 e. The SMILES string of the molecule is CC(C)c1cc(C(C)C)c(-c2ccccc2)c(C(C)C)c1.CCCCCCOP(=O)(O)O. The zero-order chi connectivity index (χ0) is 24.3. The third-order valence-corrected chi connectivity index (χ3v) is 5.97. The van der Waals surface area contributed by atoms with E-state index in [1.807, 2.05) is 0 Å². The van der Waals surface area contributed by atoms with Crippen molar-refractivity contribution in [1.82, 2.24) is 0 Å². The highest BCUT2D eigenvalue weighted by Crippen LogP contribution is 2.38. The molecule has 180 valence electrons. The van der Waals surface area contributed by atoms with Crippen LogP contribution in [-0.4, -0.2) is 16.4 Å². The molecule has 0 amide bonds. The second-order valence-corrected chi connectivity index (χ2v) is 10.5. The van der Waals surface area contributed by atoms with E-state index in [0.29, 0.717) is 17.8 Å². The van der Waals surface area contributed by atoms with Gasteiger partial charge >= 0.3 is 7.82 Å². The van der Waals surface area contributed by atoms with Gasteiger partial charge in [-0.15, -0.1) is 0 Å². The molecule has 2 aromatic carbocycles. The molecule has 2 aromatic rings. The van der Waals surface area contributed by atoms with Crippen molar-refractivity contribution in [2.24, 2.45) is 0 Å². The summed E-state index contributed by atoms with van der Waals surface area (Å²) in [6.07, 6.45) is 3.88. The summed E-state index contributed by atoms with van der Waals surface area (Å²) in [6, 6.07) is 15.7. The molecule has 2 rings (SSSR count). The van der Waals surface area contributed by atoms with E-state index in [0.717, 1.165) is 25.7 Å². The molecule has 2 N–H and O–H groups in total. The van der Waals surface area contributed by atoms with Crippen LogP contribution in [0.4, 0.5) is 0 Å². The fourth-order valence-corrected chi connectivity index (χ4v) is 3.97. The number of hydrogen-bond donors (Lipinski definition) is 2. The second-order valence-electron chi connectivity index (χ2n) is 9.29. The van der Waals surface area contributed by atoms with Gasteiger partial charge in [0, 0.05) is 0 Å². The Morgan fingerprint density at radius 3 is 1.75 bits per heavy atom. The molecule has 0 fully saturated rings. The van der Waals surface area contributed by atoms with Gasteiger partial charge in [0.15, 0.2) is 0 Å². The summed E-state index contributed by atoms with van der Waals surface area (Å²) in [7, 11) is -4.21. The smallest absolute Gasteiger partial charge is 0.303 e. The Kier molecular flexibility index (Phi) is 12.5. The Balaban J connectivity index is 0.000000396. The monoisotopic (exact) mass is 462 g/mol. The number of phosphoric acid groups is 1. The maximum absolute atomic E-state index is 10.1. The molecule has 0 saturated heterocycles.